The molecule has 4 amide bonds. The molecule has 1 aliphatic rings. The van der Waals surface area contributed by atoms with E-state index in [-0.39, 0.29) is 38.3 Å². The summed E-state index contributed by atoms with van der Waals surface area (Å²) in [5.41, 5.74) is 13.6. The molecule has 0 fully saturated rings. The van der Waals surface area contributed by atoms with E-state index in [4.69, 9.17) is 37.3 Å². The van der Waals surface area contributed by atoms with Crippen molar-refractivity contribution in [2.75, 3.05) is 46.4 Å². The molecule has 0 radical (unpaired) electrons. The highest BCUT2D eigenvalue weighted by atomic mass is 35.5. The van der Waals surface area contributed by atoms with Gasteiger partial charge in [-0.3, -0.25) is 19.2 Å². The number of carboxylic acid groups (broad SMARTS) is 1. The van der Waals surface area contributed by atoms with Crippen molar-refractivity contribution in [3.8, 4) is 34.1 Å². The summed E-state index contributed by atoms with van der Waals surface area (Å²) < 4.78 is 17.7. The van der Waals surface area contributed by atoms with Crippen molar-refractivity contribution in [2.45, 2.75) is 18.5 Å². The average Bonchev–Trinajstić information content (AvgIpc) is 3.18. The van der Waals surface area contributed by atoms with Gasteiger partial charge in [-0.15, -0.1) is 0 Å². The van der Waals surface area contributed by atoms with Gasteiger partial charge in [-0.05, 0) is 83.9 Å². The van der Waals surface area contributed by atoms with E-state index in [0.29, 0.717) is 50.3 Å². The second-order valence-electron chi connectivity index (χ2n) is 12.4. The lowest BCUT2D eigenvalue weighted by Crippen LogP contribution is -2.49. The van der Waals surface area contributed by atoms with Gasteiger partial charge in [-0.1, -0.05) is 23.7 Å². The minimum Gasteiger partial charge on any atom is -0.492 e. The Bertz CT molecular complexity index is 2030. The van der Waals surface area contributed by atoms with E-state index in [1.165, 1.54) is 19.2 Å². The lowest BCUT2D eigenvalue weighted by molar-refractivity contribution is -0.142. The summed E-state index contributed by atoms with van der Waals surface area (Å²) >= 11 is 5.93. The summed E-state index contributed by atoms with van der Waals surface area (Å²) in [6.45, 7) is -0.329. The Morgan fingerprint density at radius 1 is 0.873 bits per heavy atom. The number of aliphatic carboxylic acids is 1. The molecule has 8 N–H and O–H groups in total. The average molecular weight is 773 g/mol. The quantitative estimate of drug-likeness (QED) is 0.116. The number of hydrogen-bond acceptors (Lipinski definition) is 10. The molecule has 0 aromatic heterocycles. The van der Waals surface area contributed by atoms with Crippen LogP contribution in [-0.4, -0.2) is 92.1 Å². The van der Waals surface area contributed by atoms with E-state index >= 15 is 0 Å². The molecular weight excluding hydrogens is 732 g/mol. The summed E-state index contributed by atoms with van der Waals surface area (Å²) in [6, 6.07) is 20.4. The minimum atomic E-state index is -1.33. The maximum Gasteiger partial charge on any atom is 0.326 e. The van der Waals surface area contributed by atoms with Gasteiger partial charge in [-0.25, -0.2) is 4.79 Å². The van der Waals surface area contributed by atoms with Crippen LogP contribution in [0.3, 0.4) is 0 Å². The lowest BCUT2D eigenvalue weighted by atomic mass is 9.94. The van der Waals surface area contributed by atoms with Gasteiger partial charge in [0.05, 0.1) is 13.1 Å². The Morgan fingerprint density at radius 3 is 2.09 bits per heavy atom. The third-order valence-electron chi connectivity index (χ3n) is 8.50. The van der Waals surface area contributed by atoms with Crippen molar-refractivity contribution in [2.24, 2.45) is 11.5 Å². The molecule has 0 saturated carbocycles. The van der Waals surface area contributed by atoms with Gasteiger partial charge in [0, 0.05) is 48.3 Å². The zero-order valence-electron chi connectivity index (χ0n) is 29.9. The van der Waals surface area contributed by atoms with Crippen LogP contribution in [0.2, 0.25) is 5.02 Å². The van der Waals surface area contributed by atoms with E-state index in [2.05, 4.69) is 16.0 Å². The Kier molecular flexibility index (Phi) is 13.6. The van der Waals surface area contributed by atoms with Gasteiger partial charge >= 0.3 is 5.97 Å². The number of rotatable bonds is 13. The molecule has 2 unspecified atom stereocenters. The predicted octanol–water partition coefficient (Wildman–Crippen LogP) is 2.65. The molecule has 4 aromatic rings. The van der Waals surface area contributed by atoms with Crippen LogP contribution >= 0.6 is 11.6 Å². The van der Waals surface area contributed by atoms with Gasteiger partial charge < -0.3 is 51.6 Å². The molecule has 0 spiro atoms. The molecule has 16 heteroatoms. The number of carbonyl (C=O) groups is 5. The lowest BCUT2D eigenvalue weighted by Gasteiger charge is -2.29. The van der Waals surface area contributed by atoms with Gasteiger partial charge in [0.1, 0.15) is 48.3 Å². The van der Waals surface area contributed by atoms with Crippen LogP contribution in [0.15, 0.2) is 84.9 Å². The summed E-state index contributed by atoms with van der Waals surface area (Å²) in [6.07, 6.45) is -0.0786. The van der Waals surface area contributed by atoms with Crippen LogP contribution in [0.25, 0.3) is 11.1 Å². The van der Waals surface area contributed by atoms with Crippen molar-refractivity contribution in [3.05, 3.63) is 107 Å². The number of ether oxygens (including phenoxy) is 3. The molecular formula is C39H41ClN6O9. The number of nitrogens with one attached hydrogen (secondary N) is 3. The number of amides is 4. The fourth-order valence-corrected chi connectivity index (χ4v) is 5.89. The van der Waals surface area contributed by atoms with Gasteiger partial charge in [0.2, 0.25) is 17.7 Å². The standard InChI is InChI=1S/C39H41ClN6O9/c1-46(35(48)22-44-37(49)24-3-8-27(9-4-24)55-28-10-6-26(40)7-11-28)36-25-5-13-33(54-17-15-42)30(20-25)29-18-23(2-12-32(29)53-16-14-41)19-31(39(51)52)45-34(47)21-43-38(36)50/h2-13,18,20,31,36H,14-17,19,21-22,41-42H2,1H3,(H,43,50)(H,44,49)(H,45,47)(H,51,52). The number of benzene rings is 4. The Morgan fingerprint density at radius 2 is 1.47 bits per heavy atom. The monoisotopic (exact) mass is 772 g/mol. The fourth-order valence-electron chi connectivity index (χ4n) is 5.77. The SMILES string of the molecule is CN(C(=O)CNC(=O)c1ccc(Oc2ccc(Cl)cc2)cc1)C1C(=O)NCC(=O)NC(C(=O)O)Cc2ccc(OCCN)c(c2)-c2cc1ccc2OCCN. The molecule has 1 heterocycles. The number of halogens is 1. The fraction of sp³-hybridized carbons (Fsp3) is 0.256. The van der Waals surface area contributed by atoms with E-state index in [0.717, 1.165) is 4.90 Å². The van der Waals surface area contributed by atoms with Crippen molar-refractivity contribution >= 4 is 41.2 Å². The highest BCUT2D eigenvalue weighted by Gasteiger charge is 2.31. The summed E-state index contributed by atoms with van der Waals surface area (Å²) in [5.74, 6) is -2.15. The Balaban J connectivity index is 1.44. The number of carbonyl (C=O) groups excluding carboxylic acids is 4. The third-order valence-corrected chi connectivity index (χ3v) is 8.75. The van der Waals surface area contributed by atoms with Crippen LogP contribution in [-0.2, 0) is 25.6 Å². The molecule has 5 rings (SSSR count). The van der Waals surface area contributed by atoms with Crippen molar-refractivity contribution in [1.82, 2.24) is 20.9 Å². The van der Waals surface area contributed by atoms with Crippen molar-refractivity contribution < 1.29 is 43.3 Å². The van der Waals surface area contributed by atoms with E-state index in [9.17, 15) is 29.1 Å². The maximum absolute atomic E-state index is 13.9. The number of nitrogens with zero attached hydrogens (tertiary/aromatic N) is 1. The Hall–Kier alpha value is -6.16. The Labute approximate surface area is 321 Å². The van der Waals surface area contributed by atoms with Crippen LogP contribution < -0.4 is 41.6 Å². The summed E-state index contributed by atoms with van der Waals surface area (Å²) in [5, 5.41) is 18.0. The predicted molar refractivity (Wildman–Crippen MR) is 203 cm³/mol. The first-order valence-electron chi connectivity index (χ1n) is 17.3. The number of likely N-dealkylation sites (N-methyl/N-ethyl adjacent to an activating group) is 1. The molecule has 4 bridgehead atoms. The molecule has 0 saturated heterocycles. The number of nitrogens with two attached hydrogens (primary N) is 2. The van der Waals surface area contributed by atoms with Crippen LogP contribution in [0.4, 0.5) is 0 Å². The third kappa shape index (κ3) is 10.5. The molecule has 2 atom stereocenters. The molecule has 0 aliphatic carbocycles. The molecule has 288 valence electrons. The van der Waals surface area contributed by atoms with E-state index < -0.39 is 54.8 Å². The van der Waals surface area contributed by atoms with Gasteiger partial charge in [-0.2, -0.15) is 0 Å². The van der Waals surface area contributed by atoms with Gasteiger partial charge in [0.15, 0.2) is 0 Å². The van der Waals surface area contributed by atoms with Crippen molar-refractivity contribution in [3.63, 3.8) is 0 Å². The zero-order valence-corrected chi connectivity index (χ0v) is 30.6. The smallest absolute Gasteiger partial charge is 0.326 e. The molecule has 4 aromatic carbocycles. The summed E-state index contributed by atoms with van der Waals surface area (Å²) in [7, 11) is 1.39. The number of hydrogen-bond donors (Lipinski definition) is 6. The second kappa shape index (κ2) is 18.7. The van der Waals surface area contributed by atoms with E-state index in [1.807, 2.05) is 0 Å². The minimum absolute atomic E-state index is 0.0786. The highest BCUT2D eigenvalue weighted by Crippen LogP contribution is 2.40. The van der Waals surface area contributed by atoms with Crippen LogP contribution in [0.5, 0.6) is 23.0 Å². The first kappa shape index (κ1) is 40.0. The summed E-state index contributed by atoms with van der Waals surface area (Å²) in [4.78, 5) is 66.8. The van der Waals surface area contributed by atoms with Crippen molar-refractivity contribution in [1.29, 1.82) is 0 Å². The first-order chi connectivity index (χ1) is 26.5. The first-order valence-corrected chi connectivity index (χ1v) is 17.7. The van der Waals surface area contributed by atoms with Crippen LogP contribution in [0.1, 0.15) is 27.5 Å². The number of carboxylic acids is 1. The topological polar surface area (TPSA) is 225 Å². The second-order valence-corrected chi connectivity index (χ2v) is 12.8. The maximum atomic E-state index is 13.9. The van der Waals surface area contributed by atoms with E-state index in [1.54, 1.807) is 72.8 Å². The largest absolute Gasteiger partial charge is 0.492 e. The molecule has 55 heavy (non-hydrogen) atoms. The molecule has 15 nitrogen and oxygen atoms in total. The van der Waals surface area contributed by atoms with Gasteiger partial charge in [0.25, 0.3) is 5.91 Å². The number of fused-ring (bicyclic) bond motifs is 5. The van der Waals surface area contributed by atoms with Crippen LogP contribution in [0, 0.1) is 0 Å². The molecule has 1 aliphatic heterocycles. The normalized spacial score (nSPS) is 15.4. The zero-order chi connectivity index (χ0) is 39.5. The highest BCUT2D eigenvalue weighted by molar-refractivity contribution is 6.30.